The largest absolute Gasteiger partial charge is 0.506 e. The number of carbonyl (C=O) groups is 1. The van der Waals surface area contributed by atoms with Gasteiger partial charge >= 0.3 is 0 Å². The third-order valence-corrected chi connectivity index (χ3v) is 4.62. The van der Waals surface area contributed by atoms with Gasteiger partial charge in [-0.3, -0.25) is 4.79 Å². The van der Waals surface area contributed by atoms with Crippen molar-refractivity contribution < 1.29 is 31.9 Å². The maximum absolute atomic E-state index is 13.3. The maximum Gasteiger partial charge on any atom is 0.255 e. The van der Waals surface area contributed by atoms with Crippen LogP contribution >= 0.6 is 0 Å². The lowest BCUT2D eigenvalue weighted by Crippen LogP contribution is -2.18. The Bertz CT molecular complexity index is 1160. The molecule has 0 bridgehead atoms. The Morgan fingerprint density at radius 1 is 1.24 bits per heavy atom. The molecule has 10 heteroatoms. The summed E-state index contributed by atoms with van der Waals surface area (Å²) in [5.41, 5.74) is 1.22. The lowest BCUT2D eigenvalue weighted by molar-refractivity contribution is 0.0964. The van der Waals surface area contributed by atoms with Crippen molar-refractivity contribution in [3.8, 4) is 17.1 Å². The summed E-state index contributed by atoms with van der Waals surface area (Å²) in [6.45, 7) is -0.167. The van der Waals surface area contributed by atoms with E-state index in [0.717, 1.165) is 6.26 Å². The van der Waals surface area contributed by atoms with Gasteiger partial charge in [0.1, 0.15) is 35.6 Å². The van der Waals surface area contributed by atoms with Crippen LogP contribution < -0.4 is 10.6 Å². The van der Waals surface area contributed by atoms with E-state index < -0.39 is 27.5 Å². The van der Waals surface area contributed by atoms with Crippen molar-refractivity contribution in [3.63, 3.8) is 0 Å². The number of ether oxygens (including phenoxy) is 1. The first-order valence-electron chi connectivity index (χ1n) is 8.46. The zero-order chi connectivity index (χ0) is 21.2. The molecular weight excluding hydrogens is 403 g/mol. The lowest BCUT2D eigenvalue weighted by Gasteiger charge is -2.09. The van der Waals surface area contributed by atoms with Gasteiger partial charge in [0.15, 0.2) is 9.84 Å². The van der Waals surface area contributed by atoms with Crippen molar-refractivity contribution in [2.45, 2.75) is 0 Å². The predicted octanol–water partition coefficient (Wildman–Crippen LogP) is 2.69. The molecule has 1 aromatic heterocycles. The number of hydrogen-bond acceptors (Lipinski definition) is 7. The minimum absolute atomic E-state index is 0.167. The normalized spacial score (nSPS) is 11.6. The Hall–Kier alpha value is -3.11. The molecule has 3 aromatic rings. The van der Waals surface area contributed by atoms with Crippen LogP contribution in [0.3, 0.4) is 0 Å². The molecule has 0 atom stereocenters. The summed E-state index contributed by atoms with van der Waals surface area (Å²) in [6.07, 6.45) is 1.04. The fourth-order valence-corrected chi connectivity index (χ4v) is 3.14. The number of phenols is 1. The first-order chi connectivity index (χ1) is 13.7. The number of anilines is 1. The summed E-state index contributed by atoms with van der Waals surface area (Å²) in [4.78, 5) is 12.4. The first kappa shape index (κ1) is 20.6. The van der Waals surface area contributed by atoms with Crippen molar-refractivity contribution in [3.05, 3.63) is 47.8 Å². The highest BCUT2D eigenvalue weighted by Crippen LogP contribution is 2.38. The number of furan rings is 1. The zero-order valence-corrected chi connectivity index (χ0v) is 16.5. The Morgan fingerprint density at radius 2 is 1.93 bits per heavy atom. The summed E-state index contributed by atoms with van der Waals surface area (Å²) in [7, 11) is -1.82. The molecule has 0 saturated heterocycles. The fraction of sp³-hybridized carbons (Fsp3) is 0.211. The van der Waals surface area contributed by atoms with Crippen molar-refractivity contribution in [1.82, 2.24) is 5.32 Å². The Labute approximate surface area is 166 Å². The van der Waals surface area contributed by atoms with Crippen LogP contribution in [0.2, 0.25) is 0 Å². The topological polar surface area (TPSA) is 118 Å². The number of fused-ring (bicyclic) bond motifs is 1. The highest BCUT2D eigenvalue weighted by molar-refractivity contribution is 7.90. The zero-order valence-electron chi connectivity index (χ0n) is 15.7. The van der Waals surface area contributed by atoms with E-state index in [9.17, 15) is 22.7 Å². The minimum atomic E-state index is -3.29. The van der Waals surface area contributed by atoms with E-state index >= 15 is 0 Å². The molecule has 0 fully saturated rings. The van der Waals surface area contributed by atoms with E-state index in [4.69, 9.17) is 9.15 Å². The molecule has 2 aromatic carbocycles. The second-order valence-corrected chi connectivity index (χ2v) is 8.41. The molecule has 0 spiro atoms. The average molecular weight is 422 g/mol. The monoisotopic (exact) mass is 422 g/mol. The van der Waals surface area contributed by atoms with Gasteiger partial charge in [-0.15, -0.1) is 0 Å². The number of aromatic hydroxyl groups is 1. The smallest absolute Gasteiger partial charge is 0.255 e. The number of hydrogen-bond donors (Lipinski definition) is 3. The fourth-order valence-electron chi connectivity index (χ4n) is 2.75. The second kappa shape index (κ2) is 8.10. The van der Waals surface area contributed by atoms with E-state index in [2.05, 4.69) is 10.6 Å². The van der Waals surface area contributed by atoms with E-state index in [-0.39, 0.29) is 29.5 Å². The lowest BCUT2D eigenvalue weighted by atomic mass is 10.0. The molecule has 0 unspecified atom stereocenters. The van der Waals surface area contributed by atoms with Crippen molar-refractivity contribution in [2.24, 2.45) is 0 Å². The number of sulfone groups is 1. The molecule has 0 aliphatic carbocycles. The van der Waals surface area contributed by atoms with E-state index in [0.29, 0.717) is 16.5 Å². The number of phenolic OH excluding ortho intramolecular Hbond substituents is 1. The highest BCUT2D eigenvalue weighted by Gasteiger charge is 2.23. The van der Waals surface area contributed by atoms with Gasteiger partial charge in [0, 0.05) is 30.3 Å². The van der Waals surface area contributed by atoms with E-state index in [1.807, 2.05) is 0 Å². The minimum Gasteiger partial charge on any atom is -0.506 e. The third kappa shape index (κ3) is 4.66. The third-order valence-electron chi connectivity index (χ3n) is 4.03. The molecule has 1 amide bonds. The Morgan fingerprint density at radius 3 is 2.55 bits per heavy atom. The molecule has 154 valence electrons. The number of halogens is 1. The van der Waals surface area contributed by atoms with Gasteiger partial charge in [-0.2, -0.15) is 0 Å². The Kier molecular flexibility index (Phi) is 5.76. The van der Waals surface area contributed by atoms with Crippen LogP contribution in [0, 0.1) is 5.82 Å². The van der Waals surface area contributed by atoms with Crippen LogP contribution in [-0.2, 0) is 14.6 Å². The summed E-state index contributed by atoms with van der Waals surface area (Å²) in [5, 5.41) is 15.9. The number of nitrogens with one attached hydrogen (secondary N) is 2. The van der Waals surface area contributed by atoms with Crippen LogP contribution in [0.4, 0.5) is 10.1 Å². The van der Waals surface area contributed by atoms with Gasteiger partial charge in [0.05, 0.1) is 11.3 Å². The molecule has 0 saturated carbocycles. The summed E-state index contributed by atoms with van der Waals surface area (Å²) < 4.78 is 46.3. The van der Waals surface area contributed by atoms with E-state index in [1.165, 1.54) is 43.4 Å². The SMILES string of the molecule is CNC(=O)c1c(-c2ccc(F)cc2)oc2cc(NCOCS(C)(=O)=O)c(O)cc12. The molecule has 3 N–H and O–H groups in total. The van der Waals surface area contributed by atoms with Crippen molar-refractivity contribution >= 4 is 32.4 Å². The molecule has 0 aliphatic heterocycles. The van der Waals surface area contributed by atoms with Crippen molar-refractivity contribution in [1.29, 1.82) is 0 Å². The van der Waals surface area contributed by atoms with E-state index in [1.54, 1.807) is 0 Å². The van der Waals surface area contributed by atoms with Gasteiger partial charge in [-0.25, -0.2) is 12.8 Å². The average Bonchev–Trinajstić information content (AvgIpc) is 3.02. The van der Waals surface area contributed by atoms with Crippen LogP contribution in [-0.4, -0.2) is 45.4 Å². The molecule has 29 heavy (non-hydrogen) atoms. The van der Waals surface area contributed by atoms with Gasteiger partial charge in [0.2, 0.25) is 0 Å². The first-order valence-corrected chi connectivity index (χ1v) is 10.5. The highest BCUT2D eigenvalue weighted by atomic mass is 32.2. The maximum atomic E-state index is 13.3. The molecular formula is C19H19FN2O6S. The number of carbonyl (C=O) groups excluding carboxylic acids is 1. The number of amides is 1. The van der Waals surface area contributed by atoms with Gasteiger partial charge < -0.3 is 24.9 Å². The van der Waals surface area contributed by atoms with Crippen LogP contribution in [0.1, 0.15) is 10.4 Å². The van der Waals surface area contributed by atoms with Crippen molar-refractivity contribution in [2.75, 3.05) is 31.3 Å². The standard InChI is InChI=1S/C19H19FN2O6S/c1-21-19(24)17-13-7-15(23)14(22-9-27-10-29(2,25)26)8-16(13)28-18(17)11-3-5-12(20)6-4-11/h3-8,22-23H,9-10H2,1-2H3,(H,21,24). The summed E-state index contributed by atoms with van der Waals surface area (Å²) >= 11 is 0. The number of benzene rings is 2. The van der Waals surface area contributed by atoms with Crippen LogP contribution in [0.25, 0.3) is 22.3 Å². The molecule has 8 nitrogen and oxygen atoms in total. The summed E-state index contributed by atoms with van der Waals surface area (Å²) in [5.74, 6) is -1.29. The molecule has 3 rings (SSSR count). The van der Waals surface area contributed by atoms with Gasteiger partial charge in [0.25, 0.3) is 5.91 Å². The molecule has 0 aliphatic rings. The van der Waals surface area contributed by atoms with Crippen LogP contribution in [0.15, 0.2) is 40.8 Å². The number of rotatable bonds is 7. The molecule has 1 heterocycles. The Balaban J connectivity index is 2.00. The van der Waals surface area contributed by atoms with Crippen LogP contribution in [0.5, 0.6) is 5.75 Å². The van der Waals surface area contributed by atoms with Gasteiger partial charge in [-0.05, 0) is 30.3 Å². The summed E-state index contributed by atoms with van der Waals surface area (Å²) in [6, 6.07) is 8.29. The predicted molar refractivity (Wildman–Crippen MR) is 106 cm³/mol. The second-order valence-electron chi connectivity index (χ2n) is 6.33. The molecule has 0 radical (unpaired) electrons. The quantitative estimate of drug-likeness (QED) is 0.304. The van der Waals surface area contributed by atoms with Gasteiger partial charge in [-0.1, -0.05) is 0 Å².